The van der Waals surface area contributed by atoms with Crippen LogP contribution in [0.5, 0.6) is 11.5 Å². The Labute approximate surface area is 151 Å². The van der Waals surface area contributed by atoms with E-state index in [1.165, 1.54) is 36.6 Å². The van der Waals surface area contributed by atoms with Gasteiger partial charge in [-0.3, -0.25) is 10.1 Å². The number of benzene rings is 2. The first-order valence-corrected chi connectivity index (χ1v) is 8.21. The molecule has 1 N–H and O–H groups in total. The highest BCUT2D eigenvalue weighted by atomic mass is 32.1. The zero-order valence-electron chi connectivity index (χ0n) is 13.5. The minimum absolute atomic E-state index is 0.0280. The van der Waals surface area contributed by atoms with Gasteiger partial charge in [0.2, 0.25) is 5.13 Å². The zero-order valence-corrected chi connectivity index (χ0v) is 14.3. The lowest BCUT2D eigenvalue weighted by atomic mass is 10.2. The SMILES string of the molecule is COc1cc(C(=O)Nc2nnc(-c3ccccc3)s2)ccc1OC(F)F. The molecular weight excluding hydrogens is 364 g/mol. The van der Waals surface area contributed by atoms with E-state index in [1.807, 2.05) is 30.3 Å². The Morgan fingerprint density at radius 1 is 1.12 bits per heavy atom. The third-order valence-corrected chi connectivity index (χ3v) is 4.20. The number of methoxy groups -OCH3 is 1. The molecule has 0 atom stereocenters. The number of nitrogens with one attached hydrogen (secondary N) is 1. The van der Waals surface area contributed by atoms with Crippen molar-refractivity contribution in [1.82, 2.24) is 10.2 Å². The number of hydrogen-bond acceptors (Lipinski definition) is 6. The molecule has 3 rings (SSSR count). The van der Waals surface area contributed by atoms with Crippen molar-refractivity contribution in [2.24, 2.45) is 0 Å². The molecule has 26 heavy (non-hydrogen) atoms. The second-order valence-electron chi connectivity index (χ2n) is 4.98. The van der Waals surface area contributed by atoms with Crippen LogP contribution in [0.3, 0.4) is 0 Å². The van der Waals surface area contributed by atoms with Gasteiger partial charge in [0.1, 0.15) is 5.01 Å². The number of anilines is 1. The van der Waals surface area contributed by atoms with Crippen LogP contribution in [0, 0.1) is 0 Å². The number of amides is 1. The van der Waals surface area contributed by atoms with Gasteiger partial charge in [-0.25, -0.2) is 0 Å². The summed E-state index contributed by atoms with van der Waals surface area (Å²) in [6.07, 6.45) is 0. The topological polar surface area (TPSA) is 73.3 Å². The summed E-state index contributed by atoms with van der Waals surface area (Å²) in [4.78, 5) is 12.3. The van der Waals surface area contributed by atoms with Crippen molar-refractivity contribution in [2.45, 2.75) is 6.61 Å². The van der Waals surface area contributed by atoms with E-state index < -0.39 is 12.5 Å². The fraction of sp³-hybridized carbons (Fsp3) is 0.118. The molecule has 3 aromatic rings. The van der Waals surface area contributed by atoms with E-state index >= 15 is 0 Å². The van der Waals surface area contributed by atoms with Crippen LogP contribution in [-0.2, 0) is 0 Å². The maximum atomic E-state index is 12.4. The van der Waals surface area contributed by atoms with E-state index in [1.54, 1.807) is 0 Å². The lowest BCUT2D eigenvalue weighted by Crippen LogP contribution is -2.12. The molecule has 0 bridgehead atoms. The van der Waals surface area contributed by atoms with Gasteiger partial charge in [-0.05, 0) is 18.2 Å². The predicted octanol–water partition coefficient (Wildman–Crippen LogP) is 4.07. The van der Waals surface area contributed by atoms with Gasteiger partial charge in [0, 0.05) is 11.1 Å². The smallest absolute Gasteiger partial charge is 0.387 e. The van der Waals surface area contributed by atoms with Crippen LogP contribution in [0.2, 0.25) is 0 Å². The van der Waals surface area contributed by atoms with Gasteiger partial charge < -0.3 is 9.47 Å². The van der Waals surface area contributed by atoms with Crippen LogP contribution in [0.1, 0.15) is 10.4 Å². The van der Waals surface area contributed by atoms with Crippen molar-refractivity contribution >= 4 is 22.4 Å². The van der Waals surface area contributed by atoms with E-state index in [9.17, 15) is 13.6 Å². The number of carbonyl (C=O) groups excluding carboxylic acids is 1. The number of nitrogens with zero attached hydrogens (tertiary/aromatic N) is 2. The second-order valence-corrected chi connectivity index (χ2v) is 5.95. The van der Waals surface area contributed by atoms with Crippen LogP contribution < -0.4 is 14.8 Å². The average molecular weight is 377 g/mol. The highest BCUT2D eigenvalue weighted by Gasteiger charge is 2.16. The van der Waals surface area contributed by atoms with Crippen LogP contribution in [0.25, 0.3) is 10.6 Å². The molecule has 6 nitrogen and oxygen atoms in total. The Hall–Kier alpha value is -3.07. The molecule has 0 saturated carbocycles. The van der Waals surface area contributed by atoms with Gasteiger partial charge in [-0.15, -0.1) is 10.2 Å². The Morgan fingerprint density at radius 2 is 1.88 bits per heavy atom. The van der Waals surface area contributed by atoms with Crippen LogP contribution in [0.4, 0.5) is 13.9 Å². The number of ether oxygens (including phenoxy) is 2. The zero-order chi connectivity index (χ0) is 18.5. The monoisotopic (exact) mass is 377 g/mol. The molecule has 0 fully saturated rings. The molecule has 1 aromatic heterocycles. The predicted molar refractivity (Wildman–Crippen MR) is 92.9 cm³/mol. The Bertz CT molecular complexity index is 903. The number of halogens is 2. The molecular formula is C17H13F2N3O3S. The summed E-state index contributed by atoms with van der Waals surface area (Å²) < 4.78 is 34.0. The van der Waals surface area contributed by atoms with Crippen LogP contribution in [-0.4, -0.2) is 29.8 Å². The third kappa shape index (κ3) is 4.12. The number of hydrogen-bond donors (Lipinski definition) is 1. The summed E-state index contributed by atoms with van der Waals surface area (Å²) in [5, 5.41) is 11.6. The van der Waals surface area contributed by atoms with Gasteiger partial charge in [0.15, 0.2) is 11.5 Å². The van der Waals surface area contributed by atoms with E-state index in [2.05, 4.69) is 20.3 Å². The van der Waals surface area contributed by atoms with Gasteiger partial charge in [-0.1, -0.05) is 41.7 Å². The molecule has 2 aromatic carbocycles. The number of alkyl halides is 2. The van der Waals surface area contributed by atoms with Gasteiger partial charge in [-0.2, -0.15) is 8.78 Å². The first-order chi connectivity index (χ1) is 12.6. The Balaban J connectivity index is 1.75. The summed E-state index contributed by atoms with van der Waals surface area (Å²) in [7, 11) is 1.30. The first-order valence-electron chi connectivity index (χ1n) is 7.40. The van der Waals surface area contributed by atoms with Crippen molar-refractivity contribution in [3.05, 3.63) is 54.1 Å². The molecule has 0 aliphatic heterocycles. The highest BCUT2D eigenvalue weighted by Crippen LogP contribution is 2.30. The number of aromatic nitrogens is 2. The molecule has 0 saturated heterocycles. The summed E-state index contributed by atoms with van der Waals surface area (Å²) >= 11 is 1.22. The molecule has 0 spiro atoms. The van der Waals surface area contributed by atoms with Gasteiger partial charge >= 0.3 is 6.61 Å². The van der Waals surface area contributed by atoms with Crippen LogP contribution >= 0.6 is 11.3 Å². The molecule has 134 valence electrons. The lowest BCUT2D eigenvalue weighted by molar-refractivity contribution is -0.0512. The van der Waals surface area contributed by atoms with E-state index in [0.29, 0.717) is 10.1 Å². The number of carbonyl (C=O) groups is 1. The summed E-state index contributed by atoms with van der Waals surface area (Å²) in [6, 6.07) is 13.3. The minimum atomic E-state index is -2.98. The molecule has 0 aliphatic carbocycles. The maximum absolute atomic E-state index is 12.4. The van der Waals surface area contributed by atoms with Crippen LogP contribution in [0.15, 0.2) is 48.5 Å². The van der Waals surface area contributed by atoms with Gasteiger partial charge in [0.25, 0.3) is 5.91 Å². The van der Waals surface area contributed by atoms with E-state index in [-0.39, 0.29) is 17.1 Å². The molecule has 0 aliphatic rings. The average Bonchev–Trinajstić information content (AvgIpc) is 3.10. The Kier molecular flexibility index (Phi) is 5.37. The Morgan fingerprint density at radius 3 is 2.58 bits per heavy atom. The maximum Gasteiger partial charge on any atom is 0.387 e. The second kappa shape index (κ2) is 7.87. The summed E-state index contributed by atoms with van der Waals surface area (Å²) in [5.41, 5.74) is 1.10. The molecule has 0 radical (unpaired) electrons. The molecule has 1 heterocycles. The minimum Gasteiger partial charge on any atom is -0.493 e. The first kappa shape index (κ1) is 17.7. The normalized spacial score (nSPS) is 10.6. The number of rotatable bonds is 6. The molecule has 0 unspecified atom stereocenters. The largest absolute Gasteiger partial charge is 0.493 e. The van der Waals surface area contributed by atoms with Crippen molar-refractivity contribution in [2.75, 3.05) is 12.4 Å². The fourth-order valence-corrected chi connectivity index (χ4v) is 2.89. The van der Waals surface area contributed by atoms with E-state index in [0.717, 1.165) is 5.56 Å². The molecule has 1 amide bonds. The van der Waals surface area contributed by atoms with E-state index in [4.69, 9.17) is 4.74 Å². The standard InChI is InChI=1S/C17H13F2N3O3S/c1-24-13-9-11(7-8-12(13)25-16(18)19)14(23)20-17-22-21-15(26-17)10-5-3-2-4-6-10/h2-9,16H,1H3,(H,20,22,23). The fourth-order valence-electron chi connectivity index (χ4n) is 2.14. The van der Waals surface area contributed by atoms with Crippen molar-refractivity contribution in [3.8, 4) is 22.1 Å². The molecule has 9 heteroatoms. The van der Waals surface area contributed by atoms with Crippen molar-refractivity contribution in [3.63, 3.8) is 0 Å². The summed E-state index contributed by atoms with van der Waals surface area (Å²) in [5.74, 6) is -0.593. The van der Waals surface area contributed by atoms with Crippen molar-refractivity contribution in [1.29, 1.82) is 0 Å². The quantitative estimate of drug-likeness (QED) is 0.701. The summed E-state index contributed by atoms with van der Waals surface area (Å²) in [6.45, 7) is -2.98. The highest BCUT2D eigenvalue weighted by molar-refractivity contribution is 7.18. The lowest BCUT2D eigenvalue weighted by Gasteiger charge is -2.11. The van der Waals surface area contributed by atoms with Gasteiger partial charge in [0.05, 0.1) is 7.11 Å². The van der Waals surface area contributed by atoms with Crippen molar-refractivity contribution < 1.29 is 23.0 Å². The third-order valence-electron chi connectivity index (χ3n) is 3.31.